The second-order valence-corrected chi connectivity index (χ2v) is 8.05. The highest BCUT2D eigenvalue weighted by molar-refractivity contribution is 5.95. The molecular formula is C23H29N3O6. The topological polar surface area (TPSA) is 126 Å². The lowest BCUT2D eigenvalue weighted by atomic mass is 10.2. The Hall–Kier alpha value is -3.75. The molecule has 0 aromatic heterocycles. The van der Waals surface area contributed by atoms with Gasteiger partial charge in [0.25, 0.3) is 5.91 Å². The summed E-state index contributed by atoms with van der Waals surface area (Å²) in [6.45, 7) is 7.04. The number of anilines is 2. The van der Waals surface area contributed by atoms with Gasteiger partial charge in [-0.05, 0) is 76.2 Å². The van der Waals surface area contributed by atoms with E-state index in [-0.39, 0.29) is 30.5 Å². The Balaban J connectivity index is 1.76. The molecule has 1 unspecified atom stereocenters. The summed E-state index contributed by atoms with van der Waals surface area (Å²) in [5.74, 6) is -0.0394. The van der Waals surface area contributed by atoms with Crippen LogP contribution in [0.1, 0.15) is 34.1 Å². The van der Waals surface area contributed by atoms with E-state index in [9.17, 15) is 19.5 Å². The van der Waals surface area contributed by atoms with E-state index < -0.39 is 17.8 Å². The monoisotopic (exact) mass is 443 g/mol. The average Bonchev–Trinajstić information content (AvgIpc) is 2.69. The molecule has 9 heteroatoms. The van der Waals surface area contributed by atoms with Crippen molar-refractivity contribution in [2.24, 2.45) is 0 Å². The van der Waals surface area contributed by atoms with Crippen molar-refractivity contribution in [3.63, 3.8) is 0 Å². The van der Waals surface area contributed by atoms with E-state index in [0.29, 0.717) is 17.1 Å². The molecule has 0 aliphatic heterocycles. The van der Waals surface area contributed by atoms with Crippen LogP contribution in [0, 0.1) is 0 Å². The predicted octanol–water partition coefficient (Wildman–Crippen LogP) is 3.65. The van der Waals surface area contributed by atoms with Crippen LogP contribution in [0.4, 0.5) is 16.2 Å². The Bertz CT molecular complexity index is 920. The third-order valence-electron chi connectivity index (χ3n) is 3.98. The molecule has 0 saturated heterocycles. The van der Waals surface area contributed by atoms with Crippen molar-refractivity contribution in [2.75, 3.05) is 17.2 Å². The van der Waals surface area contributed by atoms with Gasteiger partial charge in [-0.1, -0.05) is 0 Å². The molecule has 32 heavy (non-hydrogen) atoms. The number of hydrogen-bond donors (Lipinski definition) is 4. The highest BCUT2D eigenvalue weighted by atomic mass is 16.6. The lowest BCUT2D eigenvalue weighted by Gasteiger charge is -2.19. The first-order valence-electron chi connectivity index (χ1n) is 10.1. The summed E-state index contributed by atoms with van der Waals surface area (Å²) in [6.07, 6.45) is -1.24. The van der Waals surface area contributed by atoms with Gasteiger partial charge >= 0.3 is 6.09 Å². The summed E-state index contributed by atoms with van der Waals surface area (Å²) in [6, 6.07) is 12.7. The quantitative estimate of drug-likeness (QED) is 0.493. The minimum absolute atomic E-state index is 0.0871. The molecule has 4 N–H and O–H groups in total. The third kappa shape index (κ3) is 8.95. The van der Waals surface area contributed by atoms with E-state index in [1.54, 1.807) is 64.1 Å². The molecule has 0 aliphatic carbocycles. The molecule has 0 spiro atoms. The van der Waals surface area contributed by atoms with E-state index in [4.69, 9.17) is 9.47 Å². The highest BCUT2D eigenvalue weighted by Gasteiger charge is 2.16. The second-order valence-electron chi connectivity index (χ2n) is 8.05. The second kappa shape index (κ2) is 11.0. The minimum Gasteiger partial charge on any atom is -0.508 e. The van der Waals surface area contributed by atoms with Crippen LogP contribution in [0.15, 0.2) is 48.5 Å². The number of alkyl carbamates (subject to hydrolysis) is 1. The summed E-state index contributed by atoms with van der Waals surface area (Å²) in [4.78, 5) is 35.9. The minimum atomic E-state index is -0.753. The van der Waals surface area contributed by atoms with Gasteiger partial charge in [-0.15, -0.1) is 0 Å². The van der Waals surface area contributed by atoms with Gasteiger partial charge < -0.3 is 30.5 Å². The maximum Gasteiger partial charge on any atom is 0.407 e. The van der Waals surface area contributed by atoms with Crippen LogP contribution in [-0.2, 0) is 14.3 Å². The van der Waals surface area contributed by atoms with Crippen molar-refractivity contribution in [1.82, 2.24) is 5.32 Å². The molecule has 3 amide bonds. The zero-order chi connectivity index (χ0) is 23.7. The average molecular weight is 444 g/mol. The van der Waals surface area contributed by atoms with E-state index >= 15 is 0 Å². The van der Waals surface area contributed by atoms with E-state index in [2.05, 4.69) is 16.0 Å². The number of carbonyl (C=O) groups is 3. The first-order valence-corrected chi connectivity index (χ1v) is 10.1. The van der Waals surface area contributed by atoms with E-state index in [1.807, 2.05) is 0 Å². The maximum absolute atomic E-state index is 12.3. The Morgan fingerprint density at radius 2 is 1.50 bits per heavy atom. The molecule has 172 valence electrons. The first-order chi connectivity index (χ1) is 15.0. The summed E-state index contributed by atoms with van der Waals surface area (Å²) >= 11 is 0. The highest BCUT2D eigenvalue weighted by Crippen LogP contribution is 2.18. The van der Waals surface area contributed by atoms with Gasteiger partial charge in [0, 0.05) is 24.3 Å². The van der Waals surface area contributed by atoms with Gasteiger partial charge in [-0.25, -0.2) is 4.79 Å². The predicted molar refractivity (Wildman–Crippen MR) is 121 cm³/mol. The number of amides is 3. The summed E-state index contributed by atoms with van der Waals surface area (Å²) in [5, 5.41) is 17.3. The molecule has 0 radical (unpaired) electrons. The SMILES string of the molecule is CC(Oc1ccc(O)cc1)C(=O)Nc1ccc(NC(=O)CCNC(=O)OC(C)(C)C)cc1. The molecule has 2 rings (SSSR count). The van der Waals surface area contributed by atoms with Gasteiger partial charge in [0.1, 0.15) is 17.1 Å². The van der Waals surface area contributed by atoms with Crippen LogP contribution in [0.5, 0.6) is 11.5 Å². The van der Waals surface area contributed by atoms with Gasteiger partial charge in [0.15, 0.2) is 6.10 Å². The van der Waals surface area contributed by atoms with Crippen molar-refractivity contribution >= 4 is 29.3 Å². The van der Waals surface area contributed by atoms with Gasteiger partial charge in [-0.3, -0.25) is 9.59 Å². The molecule has 1 atom stereocenters. The number of rotatable bonds is 8. The lowest BCUT2D eigenvalue weighted by molar-refractivity contribution is -0.122. The van der Waals surface area contributed by atoms with E-state index in [0.717, 1.165) is 0 Å². The van der Waals surface area contributed by atoms with Crippen LogP contribution in [0.25, 0.3) is 0 Å². The van der Waals surface area contributed by atoms with Crippen LogP contribution in [0.2, 0.25) is 0 Å². The first kappa shape index (κ1) is 24.5. The summed E-state index contributed by atoms with van der Waals surface area (Å²) in [7, 11) is 0. The number of carbonyl (C=O) groups excluding carboxylic acids is 3. The lowest BCUT2D eigenvalue weighted by Crippen LogP contribution is -2.34. The Labute approximate surface area is 187 Å². The number of hydrogen-bond acceptors (Lipinski definition) is 6. The van der Waals surface area contributed by atoms with Gasteiger partial charge in [-0.2, -0.15) is 0 Å². The molecule has 0 heterocycles. The number of nitrogens with one attached hydrogen (secondary N) is 3. The Morgan fingerprint density at radius 3 is 2.06 bits per heavy atom. The van der Waals surface area contributed by atoms with Crippen molar-refractivity contribution in [3.05, 3.63) is 48.5 Å². The molecule has 0 bridgehead atoms. The molecule has 0 aliphatic rings. The van der Waals surface area contributed by atoms with Gasteiger partial charge in [0.05, 0.1) is 0 Å². The zero-order valence-corrected chi connectivity index (χ0v) is 18.6. The summed E-state index contributed by atoms with van der Waals surface area (Å²) in [5.41, 5.74) is 0.498. The fraction of sp³-hybridized carbons (Fsp3) is 0.348. The summed E-state index contributed by atoms with van der Waals surface area (Å²) < 4.78 is 10.6. The van der Waals surface area contributed by atoms with Crippen LogP contribution < -0.4 is 20.7 Å². The smallest absolute Gasteiger partial charge is 0.407 e. The van der Waals surface area contributed by atoms with Crippen molar-refractivity contribution in [3.8, 4) is 11.5 Å². The zero-order valence-electron chi connectivity index (χ0n) is 18.6. The third-order valence-corrected chi connectivity index (χ3v) is 3.98. The van der Waals surface area contributed by atoms with Gasteiger partial charge in [0.2, 0.25) is 5.91 Å². The van der Waals surface area contributed by atoms with Crippen molar-refractivity contribution in [2.45, 2.75) is 45.8 Å². The molecule has 2 aromatic carbocycles. The normalized spacial score (nSPS) is 11.8. The Kier molecular flexibility index (Phi) is 8.46. The maximum atomic E-state index is 12.3. The van der Waals surface area contributed by atoms with Crippen LogP contribution in [-0.4, -0.2) is 41.3 Å². The number of phenolic OH excluding ortho intramolecular Hbond substituents is 1. The number of aromatic hydroxyl groups is 1. The Morgan fingerprint density at radius 1 is 0.938 bits per heavy atom. The number of benzene rings is 2. The largest absolute Gasteiger partial charge is 0.508 e. The number of ether oxygens (including phenoxy) is 2. The number of phenols is 1. The van der Waals surface area contributed by atoms with Crippen molar-refractivity contribution in [1.29, 1.82) is 0 Å². The van der Waals surface area contributed by atoms with Crippen LogP contribution in [0.3, 0.4) is 0 Å². The molecule has 2 aromatic rings. The van der Waals surface area contributed by atoms with Crippen LogP contribution >= 0.6 is 0 Å². The molecular weight excluding hydrogens is 414 g/mol. The standard InChI is InChI=1S/C23H29N3O6/c1-15(31-19-11-9-18(27)10-12-19)21(29)26-17-7-5-16(6-8-17)25-20(28)13-14-24-22(30)32-23(2,3)4/h5-12,15,27H,13-14H2,1-4H3,(H,24,30)(H,25,28)(H,26,29). The molecule has 9 nitrogen and oxygen atoms in total. The van der Waals surface area contributed by atoms with Crippen molar-refractivity contribution < 1.29 is 29.0 Å². The fourth-order valence-electron chi connectivity index (χ4n) is 2.48. The van der Waals surface area contributed by atoms with E-state index in [1.165, 1.54) is 12.1 Å². The fourth-order valence-corrected chi connectivity index (χ4v) is 2.48. The molecule has 0 saturated carbocycles. The molecule has 0 fully saturated rings.